The summed E-state index contributed by atoms with van der Waals surface area (Å²) < 4.78 is 24.5. The highest BCUT2D eigenvalue weighted by atomic mass is 19.1. The fraction of sp³-hybridized carbons (Fsp3) is 0.167. The highest BCUT2D eigenvalue weighted by Crippen LogP contribution is 2.21. The van der Waals surface area contributed by atoms with Crippen LogP contribution in [0.15, 0.2) is 72.8 Å². The smallest absolute Gasteiger partial charge is 0.262 e. The van der Waals surface area contributed by atoms with Crippen LogP contribution < -0.4 is 14.8 Å². The number of nitrogens with one attached hydrogen (secondary N) is 1. The zero-order valence-electron chi connectivity index (χ0n) is 17.3. The van der Waals surface area contributed by atoms with Crippen LogP contribution in [0.4, 0.5) is 10.1 Å². The van der Waals surface area contributed by atoms with E-state index in [2.05, 4.69) is 5.32 Å². The fourth-order valence-electron chi connectivity index (χ4n) is 2.98. The first-order valence-electron chi connectivity index (χ1n) is 9.62. The van der Waals surface area contributed by atoms with Crippen LogP contribution in [0.1, 0.15) is 15.9 Å². The molecule has 3 rings (SSSR count). The van der Waals surface area contributed by atoms with Crippen LogP contribution in [0.25, 0.3) is 0 Å². The van der Waals surface area contributed by atoms with Crippen LogP contribution in [-0.2, 0) is 11.3 Å². The maximum atomic E-state index is 13.7. The molecule has 0 saturated heterocycles. The topological polar surface area (TPSA) is 67.9 Å². The van der Waals surface area contributed by atoms with E-state index < -0.39 is 11.7 Å². The van der Waals surface area contributed by atoms with E-state index in [1.165, 1.54) is 18.2 Å². The molecule has 0 aliphatic heterocycles. The van der Waals surface area contributed by atoms with E-state index in [0.717, 1.165) is 5.56 Å². The van der Waals surface area contributed by atoms with E-state index in [1.54, 1.807) is 49.4 Å². The number of methoxy groups -OCH3 is 1. The maximum absolute atomic E-state index is 13.7. The number of benzene rings is 3. The minimum atomic E-state index is -0.536. The number of carbonyl (C=O) groups excluding carboxylic acids is 2. The Balaban J connectivity index is 1.65. The number of hydrogen-bond acceptors (Lipinski definition) is 4. The van der Waals surface area contributed by atoms with Crippen molar-refractivity contribution < 1.29 is 23.5 Å². The Bertz CT molecular complexity index is 1070. The second-order valence-electron chi connectivity index (χ2n) is 6.83. The Morgan fingerprint density at radius 1 is 1.00 bits per heavy atom. The van der Waals surface area contributed by atoms with E-state index in [1.807, 2.05) is 24.3 Å². The average Bonchev–Trinajstić information content (AvgIpc) is 2.79. The van der Waals surface area contributed by atoms with Gasteiger partial charge >= 0.3 is 0 Å². The van der Waals surface area contributed by atoms with E-state index in [9.17, 15) is 14.0 Å². The first-order chi connectivity index (χ1) is 15.0. The number of hydrogen-bond donors (Lipinski definition) is 1. The minimum absolute atomic E-state index is 0.0680. The number of anilines is 1. The van der Waals surface area contributed by atoms with Gasteiger partial charge in [-0.15, -0.1) is 0 Å². The summed E-state index contributed by atoms with van der Waals surface area (Å²) in [5.41, 5.74) is 1.31. The number of para-hydroxylation sites is 2. The fourth-order valence-corrected chi connectivity index (χ4v) is 2.98. The van der Waals surface area contributed by atoms with E-state index >= 15 is 0 Å². The molecule has 3 aromatic rings. The van der Waals surface area contributed by atoms with Crippen molar-refractivity contribution in [3.8, 4) is 11.5 Å². The predicted molar refractivity (Wildman–Crippen MR) is 116 cm³/mol. The zero-order chi connectivity index (χ0) is 22.2. The van der Waals surface area contributed by atoms with E-state index in [0.29, 0.717) is 17.9 Å². The number of nitrogens with zero attached hydrogens (tertiary/aromatic N) is 1. The third kappa shape index (κ3) is 5.82. The molecule has 160 valence electrons. The number of halogens is 1. The molecular formula is C24H23FN2O4. The summed E-state index contributed by atoms with van der Waals surface area (Å²) in [7, 11) is 3.27. The molecule has 0 radical (unpaired) electrons. The Hall–Kier alpha value is -3.87. The van der Waals surface area contributed by atoms with Gasteiger partial charge in [-0.3, -0.25) is 9.59 Å². The molecule has 0 aliphatic rings. The van der Waals surface area contributed by atoms with Crippen LogP contribution in [0.3, 0.4) is 0 Å². The molecule has 0 atom stereocenters. The van der Waals surface area contributed by atoms with Crippen molar-refractivity contribution in [1.29, 1.82) is 0 Å². The Labute approximate surface area is 180 Å². The van der Waals surface area contributed by atoms with Crippen LogP contribution in [-0.4, -0.2) is 37.5 Å². The van der Waals surface area contributed by atoms with Gasteiger partial charge in [-0.1, -0.05) is 36.4 Å². The van der Waals surface area contributed by atoms with Gasteiger partial charge in [-0.2, -0.15) is 0 Å². The van der Waals surface area contributed by atoms with Gasteiger partial charge in [0.15, 0.2) is 6.61 Å². The lowest BCUT2D eigenvalue weighted by atomic mass is 10.1. The van der Waals surface area contributed by atoms with Crippen molar-refractivity contribution >= 4 is 17.5 Å². The van der Waals surface area contributed by atoms with Crippen molar-refractivity contribution in [3.63, 3.8) is 0 Å². The largest absolute Gasteiger partial charge is 0.497 e. The summed E-state index contributed by atoms with van der Waals surface area (Å²) in [6.07, 6.45) is 0. The quantitative estimate of drug-likeness (QED) is 0.593. The summed E-state index contributed by atoms with van der Waals surface area (Å²) in [6.45, 7) is 0.0103. The van der Waals surface area contributed by atoms with Crippen molar-refractivity contribution in [2.24, 2.45) is 0 Å². The molecule has 6 nitrogen and oxygen atoms in total. The summed E-state index contributed by atoms with van der Waals surface area (Å²) in [5.74, 6) is -0.341. The summed E-state index contributed by atoms with van der Waals surface area (Å²) in [4.78, 5) is 26.7. The Kier molecular flexibility index (Phi) is 7.22. The molecule has 0 aromatic heterocycles. The first-order valence-corrected chi connectivity index (χ1v) is 9.62. The zero-order valence-corrected chi connectivity index (χ0v) is 17.3. The molecule has 0 fully saturated rings. The first kappa shape index (κ1) is 21.8. The standard InChI is InChI=1S/C24H23FN2O4/c1-27(15-17-8-7-9-18(14-17)30-2)24(29)19-10-3-6-13-22(19)31-16-23(28)26-21-12-5-4-11-20(21)25/h3-14H,15-16H2,1-2H3,(H,26,28). The molecule has 7 heteroatoms. The molecular weight excluding hydrogens is 399 g/mol. The summed E-state index contributed by atoms with van der Waals surface area (Å²) >= 11 is 0. The number of amides is 2. The summed E-state index contributed by atoms with van der Waals surface area (Å²) in [6, 6.07) is 20.0. The highest BCUT2D eigenvalue weighted by molar-refractivity contribution is 5.97. The normalized spacial score (nSPS) is 10.3. The van der Waals surface area contributed by atoms with Crippen LogP contribution >= 0.6 is 0 Å². The van der Waals surface area contributed by atoms with Crippen LogP contribution in [0.5, 0.6) is 11.5 Å². The summed E-state index contributed by atoms with van der Waals surface area (Å²) in [5, 5.41) is 2.45. The third-order valence-electron chi connectivity index (χ3n) is 4.52. The highest BCUT2D eigenvalue weighted by Gasteiger charge is 2.18. The molecule has 1 N–H and O–H groups in total. The molecule has 0 saturated carbocycles. The minimum Gasteiger partial charge on any atom is -0.497 e. The third-order valence-corrected chi connectivity index (χ3v) is 4.52. The van der Waals surface area contributed by atoms with Gasteiger partial charge in [-0.05, 0) is 42.0 Å². The van der Waals surface area contributed by atoms with Crippen LogP contribution in [0.2, 0.25) is 0 Å². The van der Waals surface area contributed by atoms with Gasteiger partial charge in [0.1, 0.15) is 17.3 Å². The van der Waals surface area contributed by atoms with Crippen molar-refractivity contribution in [2.45, 2.75) is 6.54 Å². The van der Waals surface area contributed by atoms with Gasteiger partial charge in [0.2, 0.25) is 0 Å². The molecule has 0 spiro atoms. The lowest BCUT2D eigenvalue weighted by molar-refractivity contribution is -0.118. The number of rotatable bonds is 8. The Morgan fingerprint density at radius 3 is 2.52 bits per heavy atom. The average molecular weight is 422 g/mol. The lowest BCUT2D eigenvalue weighted by Crippen LogP contribution is -2.27. The second-order valence-corrected chi connectivity index (χ2v) is 6.83. The number of ether oxygens (including phenoxy) is 2. The van der Waals surface area contributed by atoms with Gasteiger partial charge in [0, 0.05) is 13.6 Å². The van der Waals surface area contributed by atoms with Gasteiger partial charge in [0.25, 0.3) is 11.8 Å². The SMILES string of the molecule is COc1cccc(CN(C)C(=O)c2ccccc2OCC(=O)Nc2ccccc2F)c1. The molecule has 31 heavy (non-hydrogen) atoms. The Morgan fingerprint density at radius 2 is 1.74 bits per heavy atom. The molecule has 2 amide bonds. The number of carbonyl (C=O) groups is 2. The van der Waals surface area contributed by atoms with Crippen molar-refractivity contribution in [3.05, 3.63) is 89.7 Å². The van der Waals surface area contributed by atoms with Gasteiger partial charge < -0.3 is 19.7 Å². The monoisotopic (exact) mass is 422 g/mol. The van der Waals surface area contributed by atoms with E-state index in [-0.39, 0.29) is 24.0 Å². The van der Waals surface area contributed by atoms with Crippen molar-refractivity contribution in [2.75, 3.05) is 26.1 Å². The van der Waals surface area contributed by atoms with E-state index in [4.69, 9.17) is 9.47 Å². The van der Waals surface area contributed by atoms with Crippen molar-refractivity contribution in [1.82, 2.24) is 4.90 Å². The van der Waals surface area contributed by atoms with Gasteiger partial charge in [-0.25, -0.2) is 4.39 Å². The molecule has 3 aromatic carbocycles. The second kappa shape index (κ2) is 10.2. The molecule has 0 aliphatic carbocycles. The predicted octanol–water partition coefficient (Wildman–Crippen LogP) is 4.12. The lowest BCUT2D eigenvalue weighted by Gasteiger charge is -2.19. The maximum Gasteiger partial charge on any atom is 0.262 e. The molecule has 0 unspecified atom stereocenters. The molecule has 0 bridgehead atoms. The van der Waals surface area contributed by atoms with Gasteiger partial charge in [0.05, 0.1) is 18.4 Å². The van der Waals surface area contributed by atoms with Crippen LogP contribution in [0, 0.1) is 5.82 Å². The molecule has 0 heterocycles.